The molecule has 0 radical (unpaired) electrons. The first-order valence-corrected chi connectivity index (χ1v) is 8.18. The van der Waals surface area contributed by atoms with Gasteiger partial charge in [0.05, 0.1) is 11.2 Å². The number of carboxylic acid groups (broad SMARTS) is 1. The molecule has 0 aromatic carbocycles. The number of aliphatic carboxylic acids is 1. The summed E-state index contributed by atoms with van der Waals surface area (Å²) < 4.78 is 25.0. The minimum atomic E-state index is -3.20. The number of sulfonamides is 1. The van der Waals surface area contributed by atoms with Gasteiger partial charge in [-0.15, -0.1) is 0 Å². The van der Waals surface area contributed by atoms with Crippen molar-refractivity contribution in [1.29, 1.82) is 0 Å². The van der Waals surface area contributed by atoms with Crippen LogP contribution in [0, 0.1) is 11.3 Å². The average molecular weight is 275 g/mol. The van der Waals surface area contributed by atoms with E-state index >= 15 is 0 Å². The summed E-state index contributed by atoms with van der Waals surface area (Å²) in [6, 6.07) is 0. The van der Waals surface area contributed by atoms with Crippen LogP contribution in [0.1, 0.15) is 39.0 Å². The van der Waals surface area contributed by atoms with Gasteiger partial charge in [-0.3, -0.25) is 4.79 Å². The van der Waals surface area contributed by atoms with E-state index in [-0.39, 0.29) is 12.3 Å². The van der Waals surface area contributed by atoms with Crippen LogP contribution < -0.4 is 0 Å². The molecule has 104 valence electrons. The van der Waals surface area contributed by atoms with E-state index < -0.39 is 21.4 Å². The van der Waals surface area contributed by atoms with Gasteiger partial charge in [-0.25, -0.2) is 12.7 Å². The zero-order valence-corrected chi connectivity index (χ0v) is 11.6. The maximum absolute atomic E-state index is 11.8. The summed E-state index contributed by atoms with van der Waals surface area (Å²) in [7, 11) is -3.20. The smallest absolute Gasteiger partial charge is 0.310 e. The molecule has 0 atom stereocenters. The van der Waals surface area contributed by atoms with Gasteiger partial charge in [0, 0.05) is 13.1 Å². The summed E-state index contributed by atoms with van der Waals surface area (Å²) in [5, 5.41) is 9.48. The van der Waals surface area contributed by atoms with Crippen molar-refractivity contribution in [2.45, 2.75) is 39.0 Å². The lowest BCUT2D eigenvalue weighted by molar-refractivity contribution is -0.152. The summed E-state index contributed by atoms with van der Waals surface area (Å²) in [4.78, 5) is 11.6. The van der Waals surface area contributed by atoms with Gasteiger partial charge in [-0.2, -0.15) is 0 Å². The Morgan fingerprint density at radius 2 is 2.00 bits per heavy atom. The average Bonchev–Trinajstić information content (AvgIpc) is 2.61. The summed E-state index contributed by atoms with van der Waals surface area (Å²) in [6.45, 7) is 2.77. The zero-order chi connectivity index (χ0) is 13.4. The van der Waals surface area contributed by atoms with Crippen LogP contribution in [0.15, 0.2) is 0 Å². The number of hydrogen-bond acceptors (Lipinski definition) is 3. The molecule has 2 fully saturated rings. The van der Waals surface area contributed by atoms with Crippen LogP contribution in [0.25, 0.3) is 0 Å². The van der Waals surface area contributed by atoms with Crippen molar-refractivity contribution in [3.05, 3.63) is 0 Å². The third kappa shape index (κ3) is 2.54. The minimum Gasteiger partial charge on any atom is -0.481 e. The molecule has 0 bridgehead atoms. The highest BCUT2D eigenvalue weighted by molar-refractivity contribution is 7.89. The Morgan fingerprint density at radius 1 is 1.39 bits per heavy atom. The molecule has 6 heteroatoms. The van der Waals surface area contributed by atoms with Crippen LogP contribution in [0.2, 0.25) is 0 Å². The zero-order valence-electron chi connectivity index (χ0n) is 10.8. The topological polar surface area (TPSA) is 74.7 Å². The van der Waals surface area contributed by atoms with E-state index in [1.165, 1.54) is 4.31 Å². The van der Waals surface area contributed by atoms with Crippen molar-refractivity contribution < 1.29 is 18.3 Å². The fraction of sp³-hybridized carbons (Fsp3) is 0.917. The fourth-order valence-corrected chi connectivity index (χ4v) is 4.56. The van der Waals surface area contributed by atoms with Gasteiger partial charge in [0.25, 0.3) is 0 Å². The highest BCUT2D eigenvalue weighted by Crippen LogP contribution is 2.40. The van der Waals surface area contributed by atoms with Gasteiger partial charge < -0.3 is 5.11 Å². The maximum Gasteiger partial charge on any atom is 0.310 e. The molecule has 2 aliphatic rings. The third-order valence-electron chi connectivity index (χ3n) is 4.37. The summed E-state index contributed by atoms with van der Waals surface area (Å²) in [5.74, 6) is -0.122. The van der Waals surface area contributed by atoms with Crippen LogP contribution >= 0.6 is 0 Å². The Labute approximate surface area is 108 Å². The Kier molecular flexibility index (Phi) is 3.69. The van der Waals surface area contributed by atoms with E-state index in [0.29, 0.717) is 31.7 Å². The van der Waals surface area contributed by atoms with Crippen LogP contribution in [-0.2, 0) is 14.8 Å². The predicted octanol–water partition coefficient (Wildman–Crippen LogP) is 1.30. The molecule has 1 heterocycles. The largest absolute Gasteiger partial charge is 0.481 e. The molecular weight excluding hydrogens is 254 g/mol. The lowest BCUT2D eigenvalue weighted by Crippen LogP contribution is -2.45. The normalized spacial score (nSPS) is 36.6. The molecule has 0 unspecified atom stereocenters. The molecular formula is C12H21NO4S. The van der Waals surface area contributed by atoms with Crippen molar-refractivity contribution in [1.82, 2.24) is 4.31 Å². The molecule has 0 aromatic rings. The number of rotatable bonds is 3. The van der Waals surface area contributed by atoms with E-state index in [0.717, 1.165) is 12.8 Å². The van der Waals surface area contributed by atoms with Crippen molar-refractivity contribution in [2.75, 3.05) is 18.8 Å². The van der Waals surface area contributed by atoms with E-state index in [1.54, 1.807) is 0 Å². The van der Waals surface area contributed by atoms with E-state index in [1.807, 2.05) is 0 Å². The fourth-order valence-electron chi connectivity index (χ4n) is 2.96. The van der Waals surface area contributed by atoms with Crippen LogP contribution in [0.3, 0.4) is 0 Å². The van der Waals surface area contributed by atoms with Crippen LogP contribution in [0.5, 0.6) is 0 Å². The lowest BCUT2D eigenvalue weighted by Gasteiger charge is -2.37. The molecule has 0 spiro atoms. The highest BCUT2D eigenvalue weighted by Gasteiger charge is 2.45. The molecule has 1 saturated heterocycles. The second-order valence-electron chi connectivity index (χ2n) is 5.77. The number of hydrogen-bond donors (Lipinski definition) is 1. The molecule has 1 aliphatic heterocycles. The van der Waals surface area contributed by atoms with Gasteiger partial charge in [-0.05, 0) is 38.0 Å². The van der Waals surface area contributed by atoms with Crippen LogP contribution in [0.4, 0.5) is 0 Å². The number of carboxylic acids is 1. The number of nitrogens with zero attached hydrogens (tertiary/aromatic N) is 1. The highest BCUT2D eigenvalue weighted by atomic mass is 32.2. The Bertz CT molecular complexity index is 423. The van der Waals surface area contributed by atoms with Crippen LogP contribution in [-0.4, -0.2) is 42.6 Å². The van der Waals surface area contributed by atoms with Crippen molar-refractivity contribution in [2.24, 2.45) is 11.3 Å². The molecule has 18 heavy (non-hydrogen) atoms. The second kappa shape index (κ2) is 4.81. The first-order chi connectivity index (χ1) is 8.36. The molecule has 1 N–H and O–H groups in total. The molecule has 0 aromatic heterocycles. The van der Waals surface area contributed by atoms with E-state index in [4.69, 9.17) is 0 Å². The standard InChI is InChI=1S/C12H21NO4S/c1-10-3-5-12(6-4-10,11(14)15)9-13-7-2-8-18(13,16)17/h10H,2-9H2,1H3,(H,14,15). The van der Waals surface area contributed by atoms with Gasteiger partial charge in [0.15, 0.2) is 0 Å². The van der Waals surface area contributed by atoms with Gasteiger partial charge >= 0.3 is 5.97 Å². The summed E-state index contributed by atoms with van der Waals surface area (Å²) in [5.41, 5.74) is -0.857. The minimum absolute atomic E-state index is 0.164. The van der Waals surface area contributed by atoms with Gasteiger partial charge in [0.2, 0.25) is 10.0 Å². The molecule has 1 aliphatic carbocycles. The third-order valence-corrected chi connectivity index (χ3v) is 6.27. The Hall–Kier alpha value is -0.620. The van der Waals surface area contributed by atoms with Gasteiger partial charge in [-0.1, -0.05) is 6.92 Å². The monoisotopic (exact) mass is 275 g/mol. The quantitative estimate of drug-likeness (QED) is 0.842. The SMILES string of the molecule is CC1CCC(CN2CCCS2(=O)=O)(C(=O)O)CC1. The Morgan fingerprint density at radius 3 is 2.44 bits per heavy atom. The first-order valence-electron chi connectivity index (χ1n) is 6.57. The summed E-state index contributed by atoms with van der Waals surface area (Å²) in [6.07, 6.45) is 3.56. The maximum atomic E-state index is 11.8. The molecule has 5 nitrogen and oxygen atoms in total. The first kappa shape index (κ1) is 13.8. The Balaban J connectivity index is 2.14. The predicted molar refractivity (Wildman–Crippen MR) is 67.7 cm³/mol. The van der Waals surface area contributed by atoms with Gasteiger partial charge in [0.1, 0.15) is 0 Å². The van der Waals surface area contributed by atoms with Crippen molar-refractivity contribution in [3.8, 4) is 0 Å². The number of carbonyl (C=O) groups is 1. The van der Waals surface area contributed by atoms with Crippen molar-refractivity contribution >= 4 is 16.0 Å². The molecule has 2 rings (SSSR count). The lowest BCUT2D eigenvalue weighted by atomic mass is 9.71. The van der Waals surface area contributed by atoms with E-state index in [2.05, 4.69) is 6.92 Å². The second-order valence-corrected chi connectivity index (χ2v) is 7.86. The van der Waals surface area contributed by atoms with E-state index in [9.17, 15) is 18.3 Å². The van der Waals surface area contributed by atoms with Crippen molar-refractivity contribution in [3.63, 3.8) is 0 Å². The molecule has 1 saturated carbocycles. The summed E-state index contributed by atoms with van der Waals surface area (Å²) >= 11 is 0. The molecule has 0 amide bonds.